The Hall–Kier alpha value is -3.15. The van der Waals surface area contributed by atoms with E-state index < -0.39 is 110 Å². The zero-order chi connectivity index (χ0) is 33.4. The van der Waals surface area contributed by atoms with Crippen molar-refractivity contribution >= 4 is 29.8 Å². The van der Waals surface area contributed by atoms with Crippen LogP contribution in [-0.2, 0) is 61.9 Å². The Balaban J connectivity index is 2.50. The number of hydrogen-bond acceptors (Lipinski definition) is 15. The van der Waals surface area contributed by atoms with Gasteiger partial charge in [0.05, 0.1) is 12.0 Å². The highest BCUT2D eigenvalue weighted by Crippen LogP contribution is 2.32. The maximum atomic E-state index is 12.4. The number of aliphatic hydroxyl groups excluding tert-OH is 2. The van der Waals surface area contributed by atoms with Gasteiger partial charge in [0.25, 0.3) is 0 Å². The molecule has 0 spiro atoms. The molecule has 0 bridgehead atoms. The molecule has 0 radical (unpaired) electrons. The van der Waals surface area contributed by atoms with Crippen LogP contribution in [0.5, 0.6) is 0 Å². The minimum absolute atomic E-state index is 0.0729. The summed E-state index contributed by atoms with van der Waals surface area (Å²) in [7, 11) is 0. The largest absolute Gasteiger partial charge is 0.463 e. The highest BCUT2D eigenvalue weighted by molar-refractivity contribution is 5.75. The van der Waals surface area contributed by atoms with Gasteiger partial charge in [0.15, 0.2) is 24.8 Å². The predicted molar refractivity (Wildman–Crippen MR) is 146 cm³/mol. The Morgan fingerprint density at radius 3 is 1.89 bits per heavy atom. The third-order valence-electron chi connectivity index (χ3n) is 6.37. The van der Waals surface area contributed by atoms with Gasteiger partial charge in [-0.1, -0.05) is 6.08 Å². The van der Waals surface area contributed by atoms with Crippen molar-refractivity contribution in [2.75, 3.05) is 19.8 Å². The second kappa shape index (κ2) is 16.2. The lowest BCUT2D eigenvalue weighted by molar-refractivity contribution is -0.347. The van der Waals surface area contributed by atoms with Gasteiger partial charge in [0, 0.05) is 27.7 Å². The van der Waals surface area contributed by atoms with Crippen molar-refractivity contribution in [3.8, 4) is 0 Å². The highest BCUT2D eigenvalue weighted by atomic mass is 16.7. The molecule has 1 amide bonds. The Kier molecular flexibility index (Phi) is 13.7. The van der Waals surface area contributed by atoms with Gasteiger partial charge in [0.2, 0.25) is 5.91 Å². The van der Waals surface area contributed by atoms with E-state index in [1.54, 1.807) is 20.8 Å². The number of carbonyl (C=O) groups excluding carboxylic acids is 5. The molecule has 2 rings (SSSR count). The Bertz CT molecular complexity index is 1040. The summed E-state index contributed by atoms with van der Waals surface area (Å²) in [6.45, 7) is 11.9. The van der Waals surface area contributed by atoms with Crippen molar-refractivity contribution < 1.29 is 72.1 Å². The van der Waals surface area contributed by atoms with E-state index in [2.05, 4.69) is 11.9 Å². The number of esters is 4. The molecule has 0 unspecified atom stereocenters. The molecule has 0 saturated carbocycles. The van der Waals surface area contributed by atoms with Crippen molar-refractivity contribution in [3.05, 3.63) is 12.7 Å². The van der Waals surface area contributed by atoms with Crippen LogP contribution in [0.1, 0.15) is 48.5 Å². The molecule has 0 aromatic rings. The second-order valence-electron chi connectivity index (χ2n) is 11.3. The summed E-state index contributed by atoms with van der Waals surface area (Å²) in [4.78, 5) is 60.4. The Morgan fingerprint density at radius 2 is 1.36 bits per heavy atom. The molecular formula is C28H43NO15. The number of hydrogen-bond donors (Lipinski definition) is 3. The molecule has 16 heteroatoms. The first-order chi connectivity index (χ1) is 20.5. The molecule has 10 atom stereocenters. The third-order valence-corrected chi connectivity index (χ3v) is 6.37. The fourth-order valence-corrected chi connectivity index (χ4v) is 4.44. The van der Waals surface area contributed by atoms with E-state index in [1.807, 2.05) is 0 Å². The summed E-state index contributed by atoms with van der Waals surface area (Å²) in [5.41, 5.74) is -0.865. The standard InChI is InChI=1S/C28H43NO15/c1-9-10-37-26-21(35)24(20(34)17(42-26)11-39-27(36)28(6,7)8)44-25-19(29-13(2)30)23(41-16(5)33)22(40-15(4)32)18(43-25)12-38-14(3)31/h9,17-26,34-35H,1,10-12H2,2-8H3,(H,29,30)/t17-,18-,19-,20+,21-,22-,23-,24+,25+,26-/m1/s1. The van der Waals surface area contributed by atoms with Gasteiger partial charge in [-0.05, 0) is 20.8 Å². The van der Waals surface area contributed by atoms with Crippen LogP contribution in [0.15, 0.2) is 12.7 Å². The molecule has 2 fully saturated rings. The van der Waals surface area contributed by atoms with Crippen LogP contribution < -0.4 is 5.32 Å². The van der Waals surface area contributed by atoms with E-state index in [-0.39, 0.29) is 6.61 Å². The van der Waals surface area contributed by atoms with Crippen molar-refractivity contribution in [1.29, 1.82) is 0 Å². The molecule has 2 aliphatic heterocycles. The first-order valence-corrected chi connectivity index (χ1v) is 13.9. The summed E-state index contributed by atoms with van der Waals surface area (Å²) in [6.07, 6.45) is -11.9. The van der Waals surface area contributed by atoms with Gasteiger partial charge in [-0.15, -0.1) is 6.58 Å². The van der Waals surface area contributed by atoms with Gasteiger partial charge in [-0.3, -0.25) is 24.0 Å². The van der Waals surface area contributed by atoms with Crippen LogP contribution >= 0.6 is 0 Å². The number of rotatable bonds is 12. The fourth-order valence-electron chi connectivity index (χ4n) is 4.44. The van der Waals surface area contributed by atoms with Gasteiger partial charge in [-0.25, -0.2) is 0 Å². The van der Waals surface area contributed by atoms with Crippen LogP contribution in [0.25, 0.3) is 0 Å². The maximum Gasteiger partial charge on any atom is 0.311 e. The zero-order valence-corrected chi connectivity index (χ0v) is 25.9. The first kappa shape index (κ1) is 37.0. The quantitative estimate of drug-likeness (QED) is 0.137. The van der Waals surface area contributed by atoms with E-state index in [9.17, 15) is 34.2 Å². The fraction of sp³-hybridized carbons (Fsp3) is 0.750. The molecule has 16 nitrogen and oxygen atoms in total. The molecular weight excluding hydrogens is 590 g/mol. The van der Waals surface area contributed by atoms with Gasteiger partial charge >= 0.3 is 23.9 Å². The lowest BCUT2D eigenvalue weighted by atomic mass is 9.94. The predicted octanol–water partition coefficient (Wildman–Crippen LogP) is -0.734. The molecule has 44 heavy (non-hydrogen) atoms. The van der Waals surface area contributed by atoms with E-state index in [0.29, 0.717) is 0 Å². The minimum atomic E-state index is -1.67. The molecule has 2 heterocycles. The zero-order valence-electron chi connectivity index (χ0n) is 25.9. The van der Waals surface area contributed by atoms with E-state index in [1.165, 1.54) is 6.08 Å². The van der Waals surface area contributed by atoms with Crippen LogP contribution in [-0.4, -0.2) is 121 Å². The molecule has 0 aromatic heterocycles. The normalized spacial score (nSPS) is 32.1. The SMILES string of the molecule is C=CCO[C@@H]1O[C@H](COC(=O)C(C)(C)C)[C@H](O)[C@H](O[C@@H]2O[C@H](COC(C)=O)[C@@H](OC(C)=O)[C@H](OC(C)=O)[C@H]2NC(C)=O)[C@H]1O. The minimum Gasteiger partial charge on any atom is -0.463 e. The van der Waals surface area contributed by atoms with E-state index in [4.69, 9.17) is 37.9 Å². The van der Waals surface area contributed by atoms with Crippen LogP contribution in [0.2, 0.25) is 0 Å². The number of carbonyl (C=O) groups is 5. The smallest absolute Gasteiger partial charge is 0.311 e. The number of amides is 1. The van der Waals surface area contributed by atoms with Crippen LogP contribution in [0, 0.1) is 5.41 Å². The van der Waals surface area contributed by atoms with E-state index >= 15 is 0 Å². The monoisotopic (exact) mass is 633 g/mol. The third kappa shape index (κ3) is 10.5. The number of ether oxygens (including phenoxy) is 8. The molecule has 250 valence electrons. The molecule has 2 aliphatic rings. The molecule has 0 aromatic carbocycles. The maximum absolute atomic E-state index is 12.4. The van der Waals surface area contributed by atoms with E-state index in [0.717, 1.165) is 27.7 Å². The van der Waals surface area contributed by atoms with Crippen LogP contribution in [0.3, 0.4) is 0 Å². The van der Waals surface area contributed by atoms with Crippen molar-refractivity contribution in [1.82, 2.24) is 5.32 Å². The highest BCUT2D eigenvalue weighted by Gasteiger charge is 2.54. The molecule has 3 N–H and O–H groups in total. The lowest BCUT2D eigenvalue weighted by Gasteiger charge is -2.48. The summed E-state index contributed by atoms with van der Waals surface area (Å²) >= 11 is 0. The van der Waals surface area contributed by atoms with Crippen molar-refractivity contribution in [3.63, 3.8) is 0 Å². The van der Waals surface area contributed by atoms with Gasteiger partial charge < -0.3 is 53.4 Å². The molecule has 0 aliphatic carbocycles. The van der Waals surface area contributed by atoms with Crippen molar-refractivity contribution in [2.45, 2.75) is 110 Å². The van der Waals surface area contributed by atoms with Crippen LogP contribution in [0.4, 0.5) is 0 Å². The summed E-state index contributed by atoms with van der Waals surface area (Å²) in [5.74, 6) is -3.54. The second-order valence-corrected chi connectivity index (χ2v) is 11.3. The summed E-state index contributed by atoms with van der Waals surface area (Å²) in [5, 5.41) is 24.9. The number of nitrogens with one attached hydrogen (secondary N) is 1. The summed E-state index contributed by atoms with van der Waals surface area (Å²) < 4.78 is 44.4. The Morgan fingerprint density at radius 1 is 0.795 bits per heavy atom. The van der Waals surface area contributed by atoms with Gasteiger partial charge in [-0.2, -0.15) is 0 Å². The Labute approximate surface area is 255 Å². The topological polar surface area (TPSA) is 212 Å². The lowest BCUT2D eigenvalue weighted by Crippen LogP contribution is -2.69. The van der Waals surface area contributed by atoms with Crippen molar-refractivity contribution in [2.24, 2.45) is 5.41 Å². The number of aliphatic hydroxyl groups is 2. The van der Waals surface area contributed by atoms with Gasteiger partial charge in [0.1, 0.15) is 49.8 Å². The average Bonchev–Trinajstić information content (AvgIpc) is 2.90. The summed E-state index contributed by atoms with van der Waals surface area (Å²) in [6, 6.07) is -1.37. The first-order valence-electron chi connectivity index (χ1n) is 13.9. The molecule has 2 saturated heterocycles. The average molecular weight is 634 g/mol.